The number of aromatic nitrogens is 1. The molecule has 0 saturated carbocycles. The summed E-state index contributed by atoms with van der Waals surface area (Å²) in [6, 6.07) is 10.7. The third-order valence-electron chi connectivity index (χ3n) is 6.12. The zero-order chi connectivity index (χ0) is 23.0. The van der Waals surface area contributed by atoms with E-state index in [1.807, 2.05) is 11.0 Å². The summed E-state index contributed by atoms with van der Waals surface area (Å²) in [6.45, 7) is 6.74. The number of aromatic carboxylic acids is 1. The van der Waals surface area contributed by atoms with Crippen molar-refractivity contribution < 1.29 is 14.7 Å². The number of carbonyl (C=O) groups is 2. The van der Waals surface area contributed by atoms with Gasteiger partial charge >= 0.3 is 5.97 Å². The molecule has 2 fully saturated rings. The summed E-state index contributed by atoms with van der Waals surface area (Å²) in [6.07, 6.45) is 5.96. The van der Waals surface area contributed by atoms with Crippen molar-refractivity contribution in [2.45, 2.75) is 23.2 Å². The number of hydrogen-bond acceptors (Lipinski definition) is 7. The highest BCUT2D eigenvalue weighted by Crippen LogP contribution is 2.25. The number of rotatable bonds is 10. The highest BCUT2D eigenvalue weighted by atomic mass is 32.2. The number of carbonyl (C=O) groups excluding carboxylic acids is 1. The first-order chi connectivity index (χ1) is 16.1. The summed E-state index contributed by atoms with van der Waals surface area (Å²) in [5, 5.41) is 10.6. The Morgan fingerprint density at radius 2 is 1.94 bits per heavy atom. The standard InChI is InChI=1S/C24H30N4O3S2/c29-22-9-8-20(28(22)15-16-32-24-25-21(18-33-24)23(30)31)17-27-13-11-26(12-14-27)10-4-7-19-5-2-1-3-6-19/h1-7,18,20H,8-17H2,(H,30,31)/t20-/m1/s1. The van der Waals surface area contributed by atoms with Gasteiger partial charge in [-0.25, -0.2) is 9.78 Å². The fourth-order valence-corrected chi connectivity index (χ4v) is 6.11. The largest absolute Gasteiger partial charge is 0.476 e. The van der Waals surface area contributed by atoms with Crippen molar-refractivity contribution in [3.8, 4) is 0 Å². The summed E-state index contributed by atoms with van der Waals surface area (Å²) in [5.41, 5.74) is 1.32. The number of carboxylic acid groups (broad SMARTS) is 1. The minimum atomic E-state index is -1.000. The normalized spacial score (nSPS) is 20.2. The number of carboxylic acids is 1. The Bertz CT molecular complexity index is 958. The molecule has 2 aliphatic rings. The lowest BCUT2D eigenvalue weighted by Gasteiger charge is -2.37. The lowest BCUT2D eigenvalue weighted by molar-refractivity contribution is -0.128. The van der Waals surface area contributed by atoms with Crippen LogP contribution in [0.2, 0.25) is 0 Å². The second-order valence-corrected chi connectivity index (χ2v) is 10.5. The Hall–Kier alpha value is -2.20. The molecule has 0 unspecified atom stereocenters. The van der Waals surface area contributed by atoms with Crippen LogP contribution in [0, 0.1) is 0 Å². The highest BCUT2D eigenvalue weighted by molar-refractivity contribution is 8.01. The topological polar surface area (TPSA) is 77.0 Å². The Morgan fingerprint density at radius 1 is 1.18 bits per heavy atom. The van der Waals surface area contributed by atoms with Crippen molar-refractivity contribution in [3.63, 3.8) is 0 Å². The highest BCUT2D eigenvalue weighted by Gasteiger charge is 2.32. The maximum atomic E-state index is 12.4. The van der Waals surface area contributed by atoms with E-state index in [-0.39, 0.29) is 17.6 Å². The van der Waals surface area contributed by atoms with E-state index in [0.717, 1.165) is 55.8 Å². The van der Waals surface area contributed by atoms with E-state index in [1.54, 1.807) is 5.38 Å². The van der Waals surface area contributed by atoms with Crippen molar-refractivity contribution in [1.29, 1.82) is 0 Å². The van der Waals surface area contributed by atoms with E-state index < -0.39 is 5.97 Å². The van der Waals surface area contributed by atoms with Gasteiger partial charge in [-0.15, -0.1) is 11.3 Å². The molecule has 0 radical (unpaired) electrons. The van der Waals surface area contributed by atoms with Crippen LogP contribution in [-0.4, -0.2) is 94.3 Å². The quantitative estimate of drug-likeness (QED) is 0.517. The fraction of sp³-hybridized carbons (Fsp3) is 0.458. The molecular weight excluding hydrogens is 456 g/mol. The minimum absolute atomic E-state index is 0.0901. The molecule has 0 aliphatic carbocycles. The van der Waals surface area contributed by atoms with Crippen molar-refractivity contribution in [1.82, 2.24) is 19.7 Å². The molecule has 0 bridgehead atoms. The van der Waals surface area contributed by atoms with Crippen LogP contribution in [0.3, 0.4) is 0 Å². The van der Waals surface area contributed by atoms with Crippen LogP contribution in [0.4, 0.5) is 0 Å². The number of hydrogen-bond donors (Lipinski definition) is 1. The maximum Gasteiger partial charge on any atom is 0.355 e. The first-order valence-electron chi connectivity index (χ1n) is 11.4. The van der Waals surface area contributed by atoms with E-state index in [2.05, 4.69) is 51.2 Å². The molecule has 33 heavy (non-hydrogen) atoms. The van der Waals surface area contributed by atoms with Crippen LogP contribution in [0.1, 0.15) is 28.9 Å². The van der Waals surface area contributed by atoms with E-state index in [0.29, 0.717) is 13.0 Å². The molecule has 0 spiro atoms. The van der Waals surface area contributed by atoms with E-state index in [1.165, 1.54) is 28.7 Å². The smallest absolute Gasteiger partial charge is 0.355 e. The van der Waals surface area contributed by atoms with Gasteiger partial charge in [0.25, 0.3) is 0 Å². The summed E-state index contributed by atoms with van der Waals surface area (Å²) >= 11 is 2.87. The number of piperazine rings is 1. The van der Waals surface area contributed by atoms with Gasteiger partial charge in [-0.3, -0.25) is 14.6 Å². The Morgan fingerprint density at radius 3 is 2.67 bits per heavy atom. The molecule has 9 heteroatoms. The van der Waals surface area contributed by atoms with Gasteiger partial charge in [-0.1, -0.05) is 54.2 Å². The molecule has 1 atom stereocenters. The molecular formula is C24H30N4O3S2. The molecule has 1 N–H and O–H groups in total. The summed E-state index contributed by atoms with van der Waals surface area (Å²) in [7, 11) is 0. The van der Waals surface area contributed by atoms with Crippen LogP contribution >= 0.6 is 23.1 Å². The Kier molecular flexibility index (Phi) is 8.55. The molecule has 176 valence electrons. The van der Waals surface area contributed by atoms with Crippen LogP contribution < -0.4 is 0 Å². The molecule has 4 rings (SSSR count). The number of amides is 1. The van der Waals surface area contributed by atoms with E-state index >= 15 is 0 Å². The average Bonchev–Trinajstić information content (AvgIpc) is 3.43. The van der Waals surface area contributed by atoms with Crippen LogP contribution in [0.15, 0.2) is 46.1 Å². The molecule has 3 heterocycles. The molecule has 2 aliphatic heterocycles. The Labute approximate surface area is 203 Å². The van der Waals surface area contributed by atoms with Gasteiger partial charge in [-0.2, -0.15) is 0 Å². The number of benzene rings is 1. The maximum absolute atomic E-state index is 12.4. The predicted molar refractivity (Wildman–Crippen MR) is 133 cm³/mol. The lowest BCUT2D eigenvalue weighted by Crippen LogP contribution is -2.50. The third-order valence-corrected chi connectivity index (χ3v) is 8.12. The Balaban J connectivity index is 1.18. The molecule has 1 amide bonds. The van der Waals surface area contributed by atoms with Gasteiger partial charge in [0.2, 0.25) is 5.91 Å². The summed E-state index contributed by atoms with van der Waals surface area (Å²) in [5.74, 6) is -0.0353. The summed E-state index contributed by atoms with van der Waals surface area (Å²) in [4.78, 5) is 34.5. The predicted octanol–water partition coefficient (Wildman–Crippen LogP) is 3.26. The minimum Gasteiger partial charge on any atom is -0.476 e. The monoisotopic (exact) mass is 486 g/mol. The van der Waals surface area contributed by atoms with Gasteiger partial charge in [0.05, 0.1) is 0 Å². The van der Waals surface area contributed by atoms with Gasteiger partial charge in [0.15, 0.2) is 10.0 Å². The second kappa shape index (κ2) is 11.8. The molecule has 1 aromatic carbocycles. The average molecular weight is 487 g/mol. The lowest BCUT2D eigenvalue weighted by atomic mass is 10.2. The van der Waals surface area contributed by atoms with Gasteiger partial charge in [-0.05, 0) is 12.0 Å². The zero-order valence-electron chi connectivity index (χ0n) is 18.6. The number of likely N-dealkylation sites (tertiary alicyclic amines) is 1. The number of thiazole rings is 1. The van der Waals surface area contributed by atoms with Gasteiger partial charge in [0, 0.05) is 69.4 Å². The third kappa shape index (κ3) is 6.89. The van der Waals surface area contributed by atoms with Crippen molar-refractivity contribution >= 4 is 41.1 Å². The van der Waals surface area contributed by atoms with Gasteiger partial charge in [0.1, 0.15) is 0 Å². The number of thioether (sulfide) groups is 1. The summed E-state index contributed by atoms with van der Waals surface area (Å²) < 4.78 is 0.744. The molecule has 2 aromatic rings. The van der Waals surface area contributed by atoms with Crippen LogP contribution in [0.25, 0.3) is 6.08 Å². The molecule has 7 nitrogen and oxygen atoms in total. The molecule has 2 saturated heterocycles. The van der Waals surface area contributed by atoms with E-state index in [9.17, 15) is 9.59 Å². The molecule has 1 aromatic heterocycles. The first kappa shape index (κ1) is 23.9. The number of nitrogens with zero attached hydrogens (tertiary/aromatic N) is 4. The van der Waals surface area contributed by atoms with Crippen LogP contribution in [0.5, 0.6) is 0 Å². The first-order valence-corrected chi connectivity index (χ1v) is 13.2. The van der Waals surface area contributed by atoms with Crippen molar-refractivity contribution in [2.75, 3.05) is 51.6 Å². The van der Waals surface area contributed by atoms with Crippen molar-refractivity contribution in [3.05, 3.63) is 53.0 Å². The van der Waals surface area contributed by atoms with Gasteiger partial charge < -0.3 is 10.0 Å². The SMILES string of the molecule is O=C(O)c1csc(SCCN2C(=O)CC[C@@H]2CN2CCN(CC=Cc3ccccc3)CC2)n1. The second-order valence-electron chi connectivity index (χ2n) is 8.35. The zero-order valence-corrected chi connectivity index (χ0v) is 20.3. The van der Waals surface area contributed by atoms with Crippen molar-refractivity contribution in [2.24, 2.45) is 0 Å². The van der Waals surface area contributed by atoms with E-state index in [4.69, 9.17) is 5.11 Å². The fourth-order valence-electron chi connectivity index (χ4n) is 4.30. The van der Waals surface area contributed by atoms with Crippen LogP contribution in [-0.2, 0) is 4.79 Å².